The molecule has 10 nitrogen and oxygen atoms in total. The zero-order chi connectivity index (χ0) is 24.4. The van der Waals surface area contributed by atoms with Crippen LogP contribution in [0.1, 0.15) is 52.8 Å². The van der Waals surface area contributed by atoms with E-state index in [4.69, 9.17) is 35.3 Å². The van der Waals surface area contributed by atoms with Gasteiger partial charge < -0.3 is 28.8 Å². The molecule has 0 aromatic carbocycles. The first-order chi connectivity index (χ1) is 17.1. The third-order valence-electron chi connectivity index (χ3n) is 6.39. The lowest BCUT2D eigenvalue weighted by atomic mass is 9.92. The summed E-state index contributed by atoms with van der Waals surface area (Å²) in [6.07, 6.45) is 13.6. The molecule has 4 fully saturated rings. The number of halogens is 1. The lowest BCUT2D eigenvalue weighted by Crippen LogP contribution is -2.38. The van der Waals surface area contributed by atoms with Crippen molar-refractivity contribution in [1.82, 2.24) is 19.9 Å². The zero-order valence-electron chi connectivity index (χ0n) is 19.8. The van der Waals surface area contributed by atoms with Crippen LogP contribution >= 0.6 is 11.6 Å². The summed E-state index contributed by atoms with van der Waals surface area (Å²) in [5, 5.41) is 9.54. The van der Waals surface area contributed by atoms with Gasteiger partial charge in [0.05, 0.1) is 32.5 Å². The molecule has 2 aliphatic carbocycles. The molecule has 0 unspecified atom stereocenters. The van der Waals surface area contributed by atoms with Gasteiger partial charge in [-0.05, 0) is 49.4 Å². The lowest BCUT2D eigenvalue weighted by Gasteiger charge is -2.34. The van der Waals surface area contributed by atoms with E-state index in [2.05, 4.69) is 19.9 Å². The lowest BCUT2D eigenvalue weighted by molar-refractivity contribution is -0.187. The van der Waals surface area contributed by atoms with Crippen molar-refractivity contribution in [3.63, 3.8) is 0 Å². The number of aromatic nitrogens is 4. The van der Waals surface area contributed by atoms with Crippen LogP contribution in [0.4, 0.5) is 0 Å². The summed E-state index contributed by atoms with van der Waals surface area (Å²) in [6, 6.07) is 3.95. The third-order valence-corrected chi connectivity index (χ3v) is 6.58. The van der Waals surface area contributed by atoms with E-state index in [1.54, 1.807) is 36.9 Å². The first-order valence-electron chi connectivity index (χ1n) is 12.2. The van der Waals surface area contributed by atoms with Crippen LogP contribution in [0.2, 0.25) is 5.28 Å². The smallest absolute Gasteiger partial charge is 0.316 e. The summed E-state index contributed by atoms with van der Waals surface area (Å²) in [7, 11) is 0. The van der Waals surface area contributed by atoms with Crippen molar-refractivity contribution in [2.45, 2.75) is 75.1 Å². The minimum Gasteiger partial charge on any atom is -0.460 e. The van der Waals surface area contributed by atoms with Gasteiger partial charge in [0, 0.05) is 51.9 Å². The molecule has 0 atom stereocenters. The van der Waals surface area contributed by atoms with Crippen LogP contribution < -0.4 is 4.74 Å². The zero-order valence-corrected chi connectivity index (χ0v) is 20.5. The second-order valence-electron chi connectivity index (χ2n) is 8.81. The highest BCUT2D eigenvalue weighted by Gasteiger charge is 2.41. The van der Waals surface area contributed by atoms with Crippen LogP contribution in [0.25, 0.3) is 0 Å². The van der Waals surface area contributed by atoms with Gasteiger partial charge in [-0.3, -0.25) is 0 Å². The van der Waals surface area contributed by atoms with E-state index in [0.717, 1.165) is 64.6 Å². The van der Waals surface area contributed by atoms with Gasteiger partial charge in [-0.15, -0.1) is 0 Å². The van der Waals surface area contributed by atoms with Crippen molar-refractivity contribution in [3.05, 3.63) is 42.2 Å². The molecule has 194 valence electrons. The number of ether oxygens (including phenoxy) is 5. The standard InChI is InChI=1S/C12H16N2O3.C8H14O3.C4H3ClN2.H2/c1-6-13-11(14-7-1)17-10-2-4-12(5-3-10)15-8-9-16-12;9-7-1-3-8(4-2-7)10-5-6-11-8;5-4-6-2-1-3-7-4;/h1,6-7,10H,2-5,8-9H2;7,9H,1-6H2;1-3H;1H. The molecule has 35 heavy (non-hydrogen) atoms. The highest BCUT2D eigenvalue weighted by molar-refractivity contribution is 6.28. The minimum atomic E-state index is -0.322. The molecule has 2 saturated heterocycles. The van der Waals surface area contributed by atoms with Gasteiger partial charge in [-0.1, -0.05) is 0 Å². The topological polar surface area (TPSA) is 118 Å². The molecule has 2 aliphatic heterocycles. The SMILES string of the molecule is Clc1ncccn1.OC1CCC2(CC1)OCCO2.[HH].c1cnc(OC2CCC3(CC2)OCCO3)nc1. The van der Waals surface area contributed by atoms with Crippen LogP contribution in [0.5, 0.6) is 6.01 Å². The molecule has 2 aromatic rings. The van der Waals surface area contributed by atoms with Crippen molar-refractivity contribution in [3.8, 4) is 6.01 Å². The Morgan fingerprint density at radius 3 is 1.60 bits per heavy atom. The average molecular weight is 511 g/mol. The molecule has 11 heteroatoms. The Kier molecular flexibility index (Phi) is 9.59. The quantitative estimate of drug-likeness (QED) is 0.600. The van der Waals surface area contributed by atoms with E-state index in [1.807, 2.05) is 0 Å². The Morgan fingerprint density at radius 2 is 1.17 bits per heavy atom. The summed E-state index contributed by atoms with van der Waals surface area (Å²) in [5.41, 5.74) is 0. The van der Waals surface area contributed by atoms with Gasteiger partial charge in [-0.25, -0.2) is 19.9 Å². The highest BCUT2D eigenvalue weighted by atomic mass is 35.5. The first-order valence-corrected chi connectivity index (χ1v) is 12.5. The van der Waals surface area contributed by atoms with E-state index >= 15 is 0 Å². The minimum absolute atomic E-state index is 0. The number of rotatable bonds is 2. The van der Waals surface area contributed by atoms with Gasteiger partial charge in [0.15, 0.2) is 11.6 Å². The average Bonchev–Trinajstić information content (AvgIpc) is 3.55. The van der Waals surface area contributed by atoms with Crippen LogP contribution in [0, 0.1) is 0 Å². The summed E-state index contributed by atoms with van der Waals surface area (Å²) < 4.78 is 28.1. The Balaban J connectivity index is 0.000000164. The summed E-state index contributed by atoms with van der Waals surface area (Å²) in [5.74, 6) is -0.628. The van der Waals surface area contributed by atoms with Crippen molar-refractivity contribution >= 4 is 11.6 Å². The largest absolute Gasteiger partial charge is 0.460 e. The van der Waals surface area contributed by atoms with E-state index in [9.17, 15) is 5.11 Å². The molecule has 1 N–H and O–H groups in total. The molecule has 0 amide bonds. The second kappa shape index (κ2) is 12.8. The van der Waals surface area contributed by atoms with E-state index in [1.165, 1.54) is 0 Å². The fourth-order valence-electron chi connectivity index (χ4n) is 4.54. The maximum atomic E-state index is 9.24. The Hall–Kier alpha value is -1.95. The predicted octanol–water partition coefficient (Wildman–Crippen LogP) is 3.58. The maximum Gasteiger partial charge on any atom is 0.316 e. The van der Waals surface area contributed by atoms with Gasteiger partial charge in [-0.2, -0.15) is 0 Å². The van der Waals surface area contributed by atoms with Crippen molar-refractivity contribution < 1.29 is 30.2 Å². The fourth-order valence-corrected chi connectivity index (χ4v) is 4.65. The van der Waals surface area contributed by atoms with Gasteiger partial charge >= 0.3 is 6.01 Å². The molecule has 4 heterocycles. The van der Waals surface area contributed by atoms with Crippen LogP contribution in [-0.2, 0) is 18.9 Å². The Bertz CT molecular complexity index is 855. The number of hydrogen-bond acceptors (Lipinski definition) is 10. The molecule has 0 bridgehead atoms. The van der Waals surface area contributed by atoms with Crippen molar-refractivity contribution in [2.24, 2.45) is 0 Å². The van der Waals surface area contributed by atoms with Gasteiger partial charge in [0.1, 0.15) is 6.10 Å². The molecule has 2 spiro atoms. The van der Waals surface area contributed by atoms with E-state index in [-0.39, 0.29) is 25.2 Å². The summed E-state index contributed by atoms with van der Waals surface area (Å²) >= 11 is 5.32. The van der Waals surface area contributed by atoms with Crippen molar-refractivity contribution in [1.29, 1.82) is 0 Å². The van der Waals surface area contributed by atoms with Crippen LogP contribution in [-0.4, -0.2) is 75.3 Å². The molecule has 2 saturated carbocycles. The van der Waals surface area contributed by atoms with Gasteiger partial charge in [0.25, 0.3) is 0 Å². The number of hydrogen-bond donors (Lipinski definition) is 1. The van der Waals surface area contributed by atoms with Crippen molar-refractivity contribution in [2.75, 3.05) is 26.4 Å². The fraction of sp³-hybridized carbons (Fsp3) is 0.667. The summed E-state index contributed by atoms with van der Waals surface area (Å²) in [4.78, 5) is 15.4. The predicted molar refractivity (Wildman–Crippen MR) is 128 cm³/mol. The second-order valence-corrected chi connectivity index (χ2v) is 9.15. The third kappa shape index (κ3) is 8.03. The van der Waals surface area contributed by atoms with Crippen LogP contribution in [0.15, 0.2) is 36.9 Å². The van der Waals surface area contributed by atoms with Crippen LogP contribution in [0.3, 0.4) is 0 Å². The van der Waals surface area contributed by atoms with Gasteiger partial charge in [0.2, 0.25) is 5.28 Å². The monoisotopic (exact) mass is 510 g/mol. The number of aliphatic hydroxyl groups is 1. The Labute approximate surface area is 211 Å². The van der Waals surface area contributed by atoms with E-state index < -0.39 is 0 Å². The molecular weight excluding hydrogens is 476 g/mol. The Morgan fingerprint density at radius 1 is 0.743 bits per heavy atom. The normalized spacial score (nSPS) is 24.8. The summed E-state index contributed by atoms with van der Waals surface area (Å²) in [6.45, 7) is 2.87. The molecule has 0 radical (unpaired) electrons. The molecule has 2 aromatic heterocycles. The maximum absolute atomic E-state index is 9.24. The van der Waals surface area contributed by atoms with E-state index in [0.29, 0.717) is 24.5 Å². The first kappa shape index (κ1) is 26.1. The highest BCUT2D eigenvalue weighted by Crippen LogP contribution is 2.37. The molecule has 6 rings (SSSR count). The molecular formula is C24H35ClN4O6. The molecule has 4 aliphatic rings. The number of aliphatic hydroxyl groups excluding tert-OH is 1. The number of nitrogens with zero attached hydrogens (tertiary/aromatic N) is 4.